The number of halogens is 1. The lowest BCUT2D eigenvalue weighted by molar-refractivity contribution is 0.191. The Kier molecular flexibility index (Phi) is 3.69. The van der Waals surface area contributed by atoms with E-state index in [2.05, 4.69) is 15.3 Å². The molecule has 0 spiro atoms. The van der Waals surface area contributed by atoms with E-state index in [1.54, 1.807) is 24.3 Å². The number of hydrogen-bond acceptors (Lipinski definition) is 5. The topological polar surface area (TPSA) is 84.1 Å². The smallest absolute Gasteiger partial charge is 0.222 e. The van der Waals surface area contributed by atoms with E-state index in [9.17, 15) is 9.50 Å². The van der Waals surface area contributed by atoms with Gasteiger partial charge in [0.2, 0.25) is 5.95 Å². The molecule has 0 aliphatic heterocycles. The summed E-state index contributed by atoms with van der Waals surface area (Å²) in [6, 6.07) is 6.92. The molecule has 0 fully saturated rings. The van der Waals surface area contributed by atoms with Gasteiger partial charge < -0.3 is 16.2 Å². The molecule has 0 amide bonds. The summed E-state index contributed by atoms with van der Waals surface area (Å²) in [6.45, 7) is 0.232. The van der Waals surface area contributed by atoms with Crippen LogP contribution in [0.1, 0.15) is 11.7 Å². The van der Waals surface area contributed by atoms with Crippen molar-refractivity contribution in [2.45, 2.75) is 6.10 Å². The molecule has 1 atom stereocenters. The highest BCUT2D eigenvalue weighted by molar-refractivity contribution is 5.40. The summed E-state index contributed by atoms with van der Waals surface area (Å²) in [6.07, 6.45) is 1.41. The number of benzene rings is 1. The molecule has 2 rings (SSSR count). The van der Waals surface area contributed by atoms with Gasteiger partial charge in [-0.2, -0.15) is 0 Å². The lowest BCUT2D eigenvalue weighted by Gasteiger charge is -2.12. The number of aliphatic hydroxyl groups is 1. The van der Waals surface area contributed by atoms with E-state index >= 15 is 0 Å². The number of anilines is 2. The summed E-state index contributed by atoms with van der Waals surface area (Å²) >= 11 is 0. The van der Waals surface area contributed by atoms with Crippen LogP contribution in [-0.4, -0.2) is 21.6 Å². The van der Waals surface area contributed by atoms with Gasteiger partial charge in [-0.05, 0) is 17.7 Å². The zero-order valence-electron chi connectivity index (χ0n) is 9.55. The number of nitrogens with zero attached hydrogens (tertiary/aromatic N) is 2. The minimum absolute atomic E-state index is 0.232. The lowest BCUT2D eigenvalue weighted by atomic mass is 10.1. The molecule has 4 N–H and O–H groups in total. The number of rotatable bonds is 4. The first-order chi connectivity index (χ1) is 8.65. The molecule has 18 heavy (non-hydrogen) atoms. The van der Waals surface area contributed by atoms with Gasteiger partial charge in [0.1, 0.15) is 0 Å². The van der Waals surface area contributed by atoms with Crippen LogP contribution in [0.25, 0.3) is 0 Å². The minimum atomic E-state index is -0.709. The Balaban J connectivity index is 1.93. The number of hydrogen-bond donors (Lipinski definition) is 3. The van der Waals surface area contributed by atoms with E-state index in [-0.39, 0.29) is 12.5 Å². The number of aromatic nitrogens is 2. The zero-order valence-corrected chi connectivity index (χ0v) is 9.55. The minimum Gasteiger partial charge on any atom is -0.399 e. The molecule has 6 heteroatoms. The highest BCUT2D eigenvalue weighted by atomic mass is 19.1. The van der Waals surface area contributed by atoms with Gasteiger partial charge in [0.05, 0.1) is 18.5 Å². The Hall–Kier alpha value is -2.21. The number of aliphatic hydroxyl groups excluding tert-OH is 1. The van der Waals surface area contributed by atoms with Crippen LogP contribution in [0.5, 0.6) is 0 Å². The largest absolute Gasteiger partial charge is 0.399 e. The van der Waals surface area contributed by atoms with Crippen molar-refractivity contribution in [3.05, 3.63) is 48.0 Å². The molecule has 5 nitrogen and oxygen atoms in total. The van der Waals surface area contributed by atoms with Gasteiger partial charge in [0.25, 0.3) is 0 Å². The molecule has 0 radical (unpaired) electrons. The van der Waals surface area contributed by atoms with E-state index in [1.165, 1.54) is 0 Å². The van der Waals surface area contributed by atoms with Crippen molar-refractivity contribution in [3.8, 4) is 0 Å². The van der Waals surface area contributed by atoms with Gasteiger partial charge in [0.15, 0.2) is 5.82 Å². The molecule has 0 bridgehead atoms. The maximum absolute atomic E-state index is 12.6. The first-order valence-corrected chi connectivity index (χ1v) is 5.40. The second kappa shape index (κ2) is 5.42. The molecule has 0 saturated carbocycles. The fourth-order valence-corrected chi connectivity index (χ4v) is 1.43. The van der Waals surface area contributed by atoms with Crippen LogP contribution in [-0.2, 0) is 0 Å². The van der Waals surface area contributed by atoms with Crippen molar-refractivity contribution in [1.82, 2.24) is 9.97 Å². The van der Waals surface area contributed by atoms with E-state index in [1.807, 2.05) is 0 Å². The number of nitrogen functional groups attached to an aromatic ring is 1. The van der Waals surface area contributed by atoms with Crippen LogP contribution < -0.4 is 11.1 Å². The lowest BCUT2D eigenvalue weighted by Crippen LogP contribution is -2.13. The molecule has 1 aromatic heterocycles. The first-order valence-electron chi connectivity index (χ1n) is 5.40. The molecule has 0 aliphatic carbocycles. The van der Waals surface area contributed by atoms with Crippen LogP contribution in [0.4, 0.5) is 16.0 Å². The Morgan fingerprint density at radius 3 is 2.44 bits per heavy atom. The summed E-state index contributed by atoms with van der Waals surface area (Å²) < 4.78 is 12.6. The van der Waals surface area contributed by atoms with Gasteiger partial charge in [-0.15, -0.1) is 0 Å². The molecule has 1 aromatic carbocycles. The summed E-state index contributed by atoms with van der Waals surface area (Å²) in [5.41, 5.74) is 6.93. The first kappa shape index (κ1) is 12.3. The fourth-order valence-electron chi connectivity index (χ4n) is 1.43. The Bertz CT molecular complexity index is 500. The normalized spacial score (nSPS) is 12.1. The predicted octanol–water partition coefficient (Wildman–Crippen LogP) is 1.34. The predicted molar refractivity (Wildman–Crippen MR) is 66.3 cm³/mol. The van der Waals surface area contributed by atoms with E-state index in [0.29, 0.717) is 5.69 Å². The van der Waals surface area contributed by atoms with Crippen LogP contribution in [0.2, 0.25) is 0 Å². The number of nitrogens with two attached hydrogens (primary N) is 1. The summed E-state index contributed by atoms with van der Waals surface area (Å²) in [5.74, 6) is -0.231. The molecular formula is C12H13FN4O. The summed E-state index contributed by atoms with van der Waals surface area (Å²) in [4.78, 5) is 7.46. The Morgan fingerprint density at radius 1 is 1.22 bits per heavy atom. The maximum atomic E-state index is 12.6. The summed E-state index contributed by atoms with van der Waals surface area (Å²) in [5, 5.41) is 12.7. The van der Waals surface area contributed by atoms with Gasteiger partial charge in [0, 0.05) is 12.2 Å². The van der Waals surface area contributed by atoms with Crippen molar-refractivity contribution < 1.29 is 9.50 Å². The average molecular weight is 248 g/mol. The van der Waals surface area contributed by atoms with Gasteiger partial charge in [-0.25, -0.2) is 14.4 Å². The van der Waals surface area contributed by atoms with E-state index in [4.69, 9.17) is 5.73 Å². The monoisotopic (exact) mass is 248 g/mol. The Morgan fingerprint density at radius 2 is 1.83 bits per heavy atom. The molecule has 1 unspecified atom stereocenters. The SMILES string of the molecule is Nc1ccc(C(O)CNc2ncc(F)cn2)cc1. The average Bonchev–Trinajstić information content (AvgIpc) is 2.38. The zero-order chi connectivity index (χ0) is 13.0. The van der Waals surface area contributed by atoms with Crippen LogP contribution in [0.15, 0.2) is 36.7 Å². The second-order valence-electron chi connectivity index (χ2n) is 3.79. The fraction of sp³-hybridized carbons (Fsp3) is 0.167. The van der Waals surface area contributed by atoms with Crippen molar-refractivity contribution in [2.75, 3.05) is 17.6 Å². The molecule has 94 valence electrons. The third kappa shape index (κ3) is 3.14. The van der Waals surface area contributed by atoms with Crippen LogP contribution in [0, 0.1) is 5.82 Å². The van der Waals surface area contributed by atoms with Crippen LogP contribution >= 0.6 is 0 Å². The quantitative estimate of drug-likeness (QED) is 0.711. The van der Waals surface area contributed by atoms with Gasteiger partial charge in [-0.3, -0.25) is 0 Å². The second-order valence-corrected chi connectivity index (χ2v) is 3.79. The van der Waals surface area contributed by atoms with E-state index in [0.717, 1.165) is 18.0 Å². The molecule has 0 aliphatic rings. The molecule has 2 aromatic rings. The summed E-state index contributed by atoms with van der Waals surface area (Å²) in [7, 11) is 0. The highest BCUT2D eigenvalue weighted by Gasteiger charge is 2.07. The maximum Gasteiger partial charge on any atom is 0.222 e. The Labute approximate surface area is 104 Å². The van der Waals surface area contributed by atoms with Crippen molar-refractivity contribution in [3.63, 3.8) is 0 Å². The molecular weight excluding hydrogens is 235 g/mol. The van der Waals surface area contributed by atoms with Crippen molar-refractivity contribution in [2.24, 2.45) is 0 Å². The highest BCUT2D eigenvalue weighted by Crippen LogP contribution is 2.14. The molecule has 0 saturated heterocycles. The third-order valence-corrected chi connectivity index (χ3v) is 2.40. The third-order valence-electron chi connectivity index (χ3n) is 2.40. The molecule has 1 heterocycles. The van der Waals surface area contributed by atoms with Crippen molar-refractivity contribution >= 4 is 11.6 Å². The van der Waals surface area contributed by atoms with E-state index < -0.39 is 11.9 Å². The van der Waals surface area contributed by atoms with Crippen LogP contribution in [0.3, 0.4) is 0 Å². The number of nitrogens with one attached hydrogen (secondary N) is 1. The van der Waals surface area contributed by atoms with Gasteiger partial charge >= 0.3 is 0 Å². The standard InChI is InChI=1S/C12H13FN4O/c13-9-5-15-12(16-6-9)17-7-11(18)8-1-3-10(14)4-2-8/h1-6,11,18H,7,14H2,(H,15,16,17). The van der Waals surface area contributed by atoms with Gasteiger partial charge in [-0.1, -0.05) is 12.1 Å². The van der Waals surface area contributed by atoms with Crippen molar-refractivity contribution in [1.29, 1.82) is 0 Å².